The second-order valence-electron chi connectivity index (χ2n) is 4.13. The van der Waals surface area contributed by atoms with Crippen molar-refractivity contribution in [3.63, 3.8) is 0 Å². The molecular formula is C13H19F2N3O. The van der Waals surface area contributed by atoms with E-state index in [1.54, 1.807) is 0 Å². The quantitative estimate of drug-likeness (QED) is 0.809. The number of aromatic nitrogens is 2. The molecule has 1 unspecified atom stereocenters. The van der Waals surface area contributed by atoms with Crippen LogP contribution in [0.15, 0.2) is 24.4 Å². The van der Waals surface area contributed by atoms with E-state index in [2.05, 4.69) is 29.1 Å². The molecule has 19 heavy (non-hydrogen) atoms. The number of nitrogens with zero attached hydrogens (tertiary/aromatic N) is 2. The number of allylic oxidation sites excluding steroid dienone is 1. The zero-order valence-corrected chi connectivity index (χ0v) is 10.9. The molecule has 1 rings (SSSR count). The van der Waals surface area contributed by atoms with Crippen LogP contribution in [-0.4, -0.2) is 22.4 Å². The van der Waals surface area contributed by atoms with Gasteiger partial charge in [-0.2, -0.15) is 0 Å². The van der Waals surface area contributed by atoms with Gasteiger partial charge in [0.2, 0.25) is 5.82 Å². The first-order valence-electron chi connectivity index (χ1n) is 6.10. The van der Waals surface area contributed by atoms with Gasteiger partial charge in [0.15, 0.2) is 0 Å². The second kappa shape index (κ2) is 7.56. The Hall–Kier alpha value is -1.85. The molecular weight excluding hydrogens is 252 g/mol. The first-order valence-corrected chi connectivity index (χ1v) is 6.10. The van der Waals surface area contributed by atoms with E-state index >= 15 is 0 Å². The number of alkyl halides is 2. The summed E-state index contributed by atoms with van der Waals surface area (Å²) in [5, 5.41) is 2.55. The van der Waals surface area contributed by atoms with Crippen LogP contribution in [0.3, 0.4) is 0 Å². The van der Waals surface area contributed by atoms with Gasteiger partial charge in [0.05, 0.1) is 0 Å². The smallest absolute Gasteiger partial charge is 0.289 e. The lowest BCUT2D eigenvalue weighted by Crippen LogP contribution is -2.25. The average molecular weight is 271 g/mol. The van der Waals surface area contributed by atoms with Crippen LogP contribution in [0.2, 0.25) is 0 Å². The number of carbonyl (C=O) groups is 1. The van der Waals surface area contributed by atoms with Crippen molar-refractivity contribution in [3.05, 3.63) is 35.9 Å². The first-order chi connectivity index (χ1) is 9.04. The highest BCUT2D eigenvalue weighted by molar-refractivity contribution is 5.90. The summed E-state index contributed by atoms with van der Waals surface area (Å²) in [5.74, 6) is -0.360. The average Bonchev–Trinajstić information content (AvgIpc) is 2.43. The van der Waals surface area contributed by atoms with Crippen molar-refractivity contribution < 1.29 is 15.0 Å². The van der Waals surface area contributed by atoms with E-state index < -0.39 is 18.0 Å². The number of rotatable bonds is 6. The van der Waals surface area contributed by atoms with Crippen LogP contribution < -0.4 is 5.32 Å². The van der Waals surface area contributed by atoms with Gasteiger partial charge in [-0.05, 0) is 12.0 Å². The third-order valence-corrected chi connectivity index (χ3v) is 2.59. The van der Waals surface area contributed by atoms with Gasteiger partial charge in [-0.15, -0.1) is 0 Å². The van der Waals surface area contributed by atoms with E-state index in [1.165, 1.54) is 0 Å². The Bertz CT molecular complexity index is 455. The second-order valence-corrected chi connectivity index (χ2v) is 4.13. The van der Waals surface area contributed by atoms with Gasteiger partial charge in [-0.1, -0.05) is 32.4 Å². The molecule has 1 aromatic rings. The molecule has 0 aromatic carbocycles. The van der Waals surface area contributed by atoms with E-state index in [0.717, 1.165) is 18.7 Å². The molecule has 1 amide bonds. The number of carbonyl (C=O) groups excluding carboxylic acids is 1. The normalized spacial score (nSPS) is 12.9. The summed E-state index contributed by atoms with van der Waals surface area (Å²) in [6, 6.07) is 1.09. The monoisotopic (exact) mass is 271 g/mol. The summed E-state index contributed by atoms with van der Waals surface area (Å²) in [6.07, 6.45) is 3.27. The van der Waals surface area contributed by atoms with E-state index in [-0.39, 0.29) is 7.25 Å². The van der Waals surface area contributed by atoms with Crippen molar-refractivity contribution in [1.29, 1.82) is 0 Å². The zero-order chi connectivity index (χ0) is 14.3. The number of hydrogen-bond acceptors (Lipinski definition) is 3. The number of hydrogen-bond donors (Lipinski definition) is 1. The molecule has 0 spiro atoms. The fourth-order valence-electron chi connectivity index (χ4n) is 1.27. The van der Waals surface area contributed by atoms with Gasteiger partial charge >= 0.3 is 0 Å². The molecule has 4 nitrogen and oxygen atoms in total. The SMILES string of the molecule is CCC(C)/C=C/CNC(=O)c1nccc(C(F)F)n1.[HH]. The van der Waals surface area contributed by atoms with Crippen LogP contribution in [-0.2, 0) is 0 Å². The molecule has 0 aliphatic rings. The van der Waals surface area contributed by atoms with Crippen molar-refractivity contribution in [1.82, 2.24) is 15.3 Å². The zero-order valence-electron chi connectivity index (χ0n) is 10.9. The Morgan fingerprint density at radius 2 is 2.32 bits per heavy atom. The Morgan fingerprint density at radius 3 is 2.95 bits per heavy atom. The van der Waals surface area contributed by atoms with E-state index in [4.69, 9.17) is 0 Å². The highest BCUT2D eigenvalue weighted by Gasteiger charge is 2.13. The number of nitrogens with one attached hydrogen (secondary N) is 1. The lowest BCUT2D eigenvalue weighted by atomic mass is 10.1. The molecule has 6 heteroatoms. The summed E-state index contributed by atoms with van der Waals surface area (Å²) < 4.78 is 24.8. The highest BCUT2D eigenvalue weighted by atomic mass is 19.3. The van der Waals surface area contributed by atoms with Gasteiger partial charge < -0.3 is 5.32 Å². The van der Waals surface area contributed by atoms with E-state index in [0.29, 0.717) is 12.5 Å². The molecule has 0 aliphatic heterocycles. The lowest BCUT2D eigenvalue weighted by molar-refractivity contribution is 0.0945. The van der Waals surface area contributed by atoms with Crippen molar-refractivity contribution in [3.8, 4) is 0 Å². The Balaban J connectivity index is 0.00000361. The summed E-state index contributed by atoms with van der Waals surface area (Å²) >= 11 is 0. The topological polar surface area (TPSA) is 54.9 Å². The van der Waals surface area contributed by atoms with Crippen molar-refractivity contribution in [2.24, 2.45) is 5.92 Å². The van der Waals surface area contributed by atoms with Gasteiger partial charge in [-0.25, -0.2) is 18.7 Å². The summed E-state index contributed by atoms with van der Waals surface area (Å²) in [5.41, 5.74) is -0.449. The number of amides is 1. The third-order valence-electron chi connectivity index (χ3n) is 2.59. The molecule has 1 N–H and O–H groups in total. The molecule has 0 radical (unpaired) electrons. The van der Waals surface area contributed by atoms with Crippen LogP contribution in [0.5, 0.6) is 0 Å². The minimum Gasteiger partial charge on any atom is -0.346 e. The van der Waals surface area contributed by atoms with Crippen LogP contribution >= 0.6 is 0 Å². The standard InChI is InChI=1S/C13H17F2N3O.H2/c1-3-9(2)5-4-7-17-13(19)12-16-8-6-10(18-12)11(14)15;/h4-6,8-9,11H,3,7H2,1-2H3,(H,17,19);1H/b5-4+;. The first kappa shape index (κ1) is 15.2. The Labute approximate surface area is 112 Å². The lowest BCUT2D eigenvalue weighted by Gasteiger charge is -2.04. The van der Waals surface area contributed by atoms with E-state index in [9.17, 15) is 13.6 Å². The van der Waals surface area contributed by atoms with Gasteiger partial charge in [-0.3, -0.25) is 4.79 Å². The molecule has 0 aliphatic carbocycles. The predicted molar refractivity (Wildman–Crippen MR) is 70.0 cm³/mol. The van der Waals surface area contributed by atoms with Crippen LogP contribution in [0, 0.1) is 5.92 Å². The molecule has 106 valence electrons. The Morgan fingerprint density at radius 1 is 1.58 bits per heavy atom. The summed E-state index contributed by atoms with van der Waals surface area (Å²) in [6.45, 7) is 4.45. The maximum absolute atomic E-state index is 12.4. The Kier molecular flexibility index (Phi) is 6.05. The molecule has 1 aromatic heterocycles. The molecule has 0 saturated heterocycles. The van der Waals surface area contributed by atoms with Gasteiger partial charge in [0, 0.05) is 14.2 Å². The highest BCUT2D eigenvalue weighted by Crippen LogP contribution is 2.14. The van der Waals surface area contributed by atoms with Gasteiger partial charge in [0.25, 0.3) is 12.3 Å². The fourth-order valence-corrected chi connectivity index (χ4v) is 1.27. The minimum absolute atomic E-state index is 0. The fraction of sp³-hybridized carbons (Fsp3) is 0.462. The molecule has 1 atom stereocenters. The van der Waals surface area contributed by atoms with Crippen molar-refractivity contribution in [2.45, 2.75) is 26.7 Å². The predicted octanol–water partition coefficient (Wildman–Crippen LogP) is 2.99. The minimum atomic E-state index is -2.71. The maximum atomic E-state index is 12.4. The summed E-state index contributed by atoms with van der Waals surface area (Å²) in [7, 11) is 0. The molecule has 0 saturated carbocycles. The van der Waals surface area contributed by atoms with Crippen LogP contribution in [0.25, 0.3) is 0 Å². The van der Waals surface area contributed by atoms with E-state index in [1.807, 2.05) is 12.2 Å². The van der Waals surface area contributed by atoms with Crippen LogP contribution in [0.1, 0.15) is 44.4 Å². The molecule has 0 bridgehead atoms. The maximum Gasteiger partial charge on any atom is 0.289 e. The summed E-state index contributed by atoms with van der Waals surface area (Å²) in [4.78, 5) is 18.8. The van der Waals surface area contributed by atoms with Crippen molar-refractivity contribution >= 4 is 5.91 Å². The third kappa shape index (κ3) is 5.11. The molecule has 0 fully saturated rings. The molecule has 1 heterocycles. The van der Waals surface area contributed by atoms with Gasteiger partial charge in [0.1, 0.15) is 5.69 Å². The number of halogens is 2. The van der Waals surface area contributed by atoms with Crippen LogP contribution in [0.4, 0.5) is 8.78 Å². The van der Waals surface area contributed by atoms with Crippen molar-refractivity contribution in [2.75, 3.05) is 6.54 Å². The largest absolute Gasteiger partial charge is 0.346 e.